The van der Waals surface area contributed by atoms with Crippen molar-refractivity contribution in [3.8, 4) is 0 Å². The molecule has 7 nitrogen and oxygen atoms in total. The van der Waals surface area contributed by atoms with E-state index in [-0.39, 0.29) is 17.8 Å². The van der Waals surface area contributed by atoms with Crippen molar-refractivity contribution in [2.24, 2.45) is 5.73 Å². The van der Waals surface area contributed by atoms with Crippen molar-refractivity contribution in [1.29, 1.82) is 0 Å². The van der Waals surface area contributed by atoms with Crippen molar-refractivity contribution < 1.29 is 9.53 Å². The summed E-state index contributed by atoms with van der Waals surface area (Å²) < 4.78 is 7.74. The molecule has 0 bridgehead atoms. The summed E-state index contributed by atoms with van der Waals surface area (Å²) in [6, 6.07) is 5.83. The van der Waals surface area contributed by atoms with Gasteiger partial charge in [0.1, 0.15) is 0 Å². The number of anilines is 1. The van der Waals surface area contributed by atoms with Crippen molar-refractivity contribution in [3.63, 3.8) is 0 Å². The molecular weight excluding hydrogens is 374 g/mol. The molecule has 2 aromatic rings. The fourth-order valence-corrected chi connectivity index (χ4v) is 3.64. The van der Waals surface area contributed by atoms with Crippen LogP contribution in [0.15, 0.2) is 23.4 Å². The number of amides is 1. The number of ether oxygens (including phenoxy) is 1. The molecule has 0 radical (unpaired) electrons. The SMILES string of the molecule is Cc1ccc(NCc2nnc(SCC(N)=O)n2C[C@@H]2CCCO2)cc1Cl. The van der Waals surface area contributed by atoms with Gasteiger partial charge >= 0.3 is 0 Å². The highest BCUT2D eigenvalue weighted by atomic mass is 35.5. The maximum atomic E-state index is 11.1. The highest BCUT2D eigenvalue weighted by Gasteiger charge is 2.21. The quantitative estimate of drug-likeness (QED) is 0.667. The van der Waals surface area contributed by atoms with Crippen LogP contribution in [-0.2, 0) is 22.6 Å². The lowest BCUT2D eigenvalue weighted by Crippen LogP contribution is -2.20. The number of primary amides is 1. The minimum atomic E-state index is -0.379. The van der Waals surface area contributed by atoms with Crippen LogP contribution in [0, 0.1) is 6.92 Å². The summed E-state index contributed by atoms with van der Waals surface area (Å²) >= 11 is 7.47. The van der Waals surface area contributed by atoms with Gasteiger partial charge in [-0.2, -0.15) is 0 Å². The Morgan fingerprint density at radius 3 is 3.04 bits per heavy atom. The van der Waals surface area contributed by atoms with Crippen LogP contribution >= 0.6 is 23.4 Å². The summed E-state index contributed by atoms with van der Waals surface area (Å²) in [6.45, 7) is 3.91. The van der Waals surface area contributed by atoms with E-state index in [0.717, 1.165) is 36.5 Å². The highest BCUT2D eigenvalue weighted by Crippen LogP contribution is 2.23. The summed E-state index contributed by atoms with van der Waals surface area (Å²) in [5.74, 6) is 0.574. The summed E-state index contributed by atoms with van der Waals surface area (Å²) in [5, 5.41) is 13.2. The molecule has 1 amide bonds. The number of hydrogen-bond acceptors (Lipinski definition) is 6. The smallest absolute Gasteiger partial charge is 0.227 e. The predicted octanol–water partition coefficient (Wildman–Crippen LogP) is 2.61. The normalized spacial score (nSPS) is 16.8. The van der Waals surface area contributed by atoms with Crippen LogP contribution in [0.3, 0.4) is 0 Å². The lowest BCUT2D eigenvalue weighted by Gasteiger charge is -2.15. The molecule has 0 saturated carbocycles. The topological polar surface area (TPSA) is 95.1 Å². The fraction of sp³-hybridized carbons (Fsp3) is 0.471. The average Bonchev–Trinajstić information content (AvgIpc) is 3.25. The Morgan fingerprint density at radius 1 is 1.50 bits per heavy atom. The van der Waals surface area contributed by atoms with E-state index in [9.17, 15) is 4.79 Å². The number of nitrogens with one attached hydrogen (secondary N) is 1. The Morgan fingerprint density at radius 2 is 2.35 bits per heavy atom. The number of thioether (sulfide) groups is 1. The van der Waals surface area contributed by atoms with Crippen LogP contribution < -0.4 is 11.1 Å². The zero-order valence-electron chi connectivity index (χ0n) is 14.6. The van der Waals surface area contributed by atoms with Gasteiger partial charge in [0, 0.05) is 17.3 Å². The van der Waals surface area contributed by atoms with Gasteiger partial charge in [-0.15, -0.1) is 10.2 Å². The molecule has 1 atom stereocenters. The minimum absolute atomic E-state index is 0.145. The van der Waals surface area contributed by atoms with E-state index in [1.54, 1.807) is 0 Å². The van der Waals surface area contributed by atoms with Gasteiger partial charge in [0.25, 0.3) is 0 Å². The first-order chi connectivity index (χ1) is 12.5. The Kier molecular flexibility index (Phi) is 6.39. The van der Waals surface area contributed by atoms with Gasteiger partial charge in [-0.25, -0.2) is 0 Å². The summed E-state index contributed by atoms with van der Waals surface area (Å²) in [6.07, 6.45) is 2.22. The Labute approximate surface area is 161 Å². The maximum Gasteiger partial charge on any atom is 0.227 e. The predicted molar refractivity (Wildman–Crippen MR) is 102 cm³/mol. The maximum absolute atomic E-state index is 11.1. The summed E-state index contributed by atoms with van der Waals surface area (Å²) in [5.41, 5.74) is 7.20. The molecular formula is C17H22ClN5O2S. The molecule has 0 unspecified atom stereocenters. The third kappa shape index (κ3) is 4.90. The van der Waals surface area contributed by atoms with Crippen LogP contribution in [-0.4, -0.2) is 39.1 Å². The van der Waals surface area contributed by atoms with Crippen LogP contribution in [0.1, 0.15) is 24.2 Å². The first-order valence-corrected chi connectivity index (χ1v) is 9.84. The average molecular weight is 396 g/mol. The molecule has 9 heteroatoms. The number of rotatable bonds is 8. The van der Waals surface area contributed by atoms with E-state index in [0.29, 0.717) is 23.3 Å². The van der Waals surface area contributed by atoms with E-state index in [1.165, 1.54) is 11.8 Å². The number of hydrogen-bond donors (Lipinski definition) is 2. The molecule has 26 heavy (non-hydrogen) atoms. The van der Waals surface area contributed by atoms with E-state index in [1.807, 2.05) is 29.7 Å². The molecule has 2 heterocycles. The van der Waals surface area contributed by atoms with Crippen molar-refractivity contribution >= 4 is 35.0 Å². The van der Waals surface area contributed by atoms with Gasteiger partial charge in [-0.3, -0.25) is 4.79 Å². The fourth-order valence-electron chi connectivity index (χ4n) is 2.75. The second-order valence-corrected chi connectivity index (χ2v) is 7.57. The summed E-state index contributed by atoms with van der Waals surface area (Å²) in [7, 11) is 0. The van der Waals surface area contributed by atoms with Gasteiger partial charge in [0.2, 0.25) is 5.91 Å². The van der Waals surface area contributed by atoms with Gasteiger partial charge in [0.05, 0.1) is 24.9 Å². The number of halogens is 1. The molecule has 1 aromatic carbocycles. The van der Waals surface area contributed by atoms with E-state index >= 15 is 0 Å². The zero-order valence-corrected chi connectivity index (χ0v) is 16.1. The van der Waals surface area contributed by atoms with Gasteiger partial charge in [0.15, 0.2) is 11.0 Å². The number of aromatic nitrogens is 3. The molecule has 1 aliphatic rings. The third-order valence-electron chi connectivity index (χ3n) is 4.17. The lowest BCUT2D eigenvalue weighted by molar-refractivity contribution is -0.115. The summed E-state index contributed by atoms with van der Waals surface area (Å²) in [4.78, 5) is 11.1. The van der Waals surface area contributed by atoms with Crippen LogP contribution in [0.25, 0.3) is 0 Å². The Hall–Kier alpha value is -1.77. The van der Waals surface area contributed by atoms with Gasteiger partial charge in [-0.1, -0.05) is 29.4 Å². The number of benzene rings is 1. The molecule has 1 saturated heterocycles. The van der Waals surface area contributed by atoms with Crippen LogP contribution in [0.2, 0.25) is 5.02 Å². The van der Waals surface area contributed by atoms with Crippen LogP contribution in [0.4, 0.5) is 5.69 Å². The van der Waals surface area contributed by atoms with E-state index < -0.39 is 0 Å². The molecule has 140 valence electrons. The molecule has 1 aromatic heterocycles. The number of nitrogens with two attached hydrogens (primary N) is 1. The Balaban J connectivity index is 1.73. The monoisotopic (exact) mass is 395 g/mol. The minimum Gasteiger partial charge on any atom is -0.378 e. The first kappa shape index (κ1) is 19.0. The molecule has 0 spiro atoms. The van der Waals surface area contributed by atoms with Crippen molar-refractivity contribution in [3.05, 3.63) is 34.6 Å². The third-order valence-corrected chi connectivity index (χ3v) is 5.57. The van der Waals surface area contributed by atoms with Crippen LogP contribution in [0.5, 0.6) is 0 Å². The highest BCUT2D eigenvalue weighted by molar-refractivity contribution is 7.99. The molecule has 0 aliphatic carbocycles. The Bertz CT molecular complexity index is 777. The van der Waals surface area contributed by atoms with Crippen molar-refractivity contribution in [2.75, 3.05) is 17.7 Å². The standard InChI is InChI=1S/C17H22ClN5O2S/c1-11-4-5-12(7-14(11)18)20-8-16-21-22-17(26-10-15(19)24)23(16)9-13-3-2-6-25-13/h4-5,7,13,20H,2-3,6,8-10H2,1H3,(H2,19,24)/t13-/m0/s1. The zero-order chi connectivity index (χ0) is 18.5. The number of carbonyl (C=O) groups excluding carboxylic acids is 1. The number of aryl methyl sites for hydroxylation is 1. The molecule has 3 rings (SSSR count). The van der Waals surface area contributed by atoms with Crippen molar-refractivity contribution in [2.45, 2.75) is 44.1 Å². The lowest BCUT2D eigenvalue weighted by atomic mass is 10.2. The second-order valence-electron chi connectivity index (χ2n) is 6.22. The van der Waals surface area contributed by atoms with E-state index in [2.05, 4.69) is 15.5 Å². The molecule has 3 N–H and O–H groups in total. The second kappa shape index (κ2) is 8.75. The number of carbonyl (C=O) groups is 1. The van der Waals surface area contributed by atoms with Crippen molar-refractivity contribution in [1.82, 2.24) is 14.8 Å². The first-order valence-electron chi connectivity index (χ1n) is 8.47. The van der Waals surface area contributed by atoms with Gasteiger partial charge < -0.3 is 20.4 Å². The molecule has 1 fully saturated rings. The van der Waals surface area contributed by atoms with E-state index in [4.69, 9.17) is 22.1 Å². The largest absolute Gasteiger partial charge is 0.378 e. The number of nitrogens with zero attached hydrogens (tertiary/aromatic N) is 3. The molecule has 1 aliphatic heterocycles. The van der Waals surface area contributed by atoms with Gasteiger partial charge in [-0.05, 0) is 37.5 Å².